The quantitative estimate of drug-likeness (QED) is 0.851. The molecule has 1 fully saturated rings. The summed E-state index contributed by atoms with van der Waals surface area (Å²) in [5.74, 6) is -0.155. The summed E-state index contributed by atoms with van der Waals surface area (Å²) in [6.45, 7) is 1.84. The highest BCUT2D eigenvalue weighted by molar-refractivity contribution is 9.10. The topological polar surface area (TPSA) is 72.2 Å². The minimum absolute atomic E-state index is 0.0832. The van der Waals surface area contributed by atoms with E-state index in [0.717, 1.165) is 12.8 Å². The van der Waals surface area contributed by atoms with Crippen LogP contribution in [-0.4, -0.2) is 21.0 Å². The van der Waals surface area contributed by atoms with Gasteiger partial charge in [-0.2, -0.15) is 0 Å². The predicted octanol–water partition coefficient (Wildman–Crippen LogP) is 1.91. The van der Waals surface area contributed by atoms with Crippen molar-refractivity contribution in [2.45, 2.75) is 30.7 Å². The lowest BCUT2D eigenvalue weighted by atomic mass is 10.2. The Hall–Kier alpha value is -0.500. The number of hydrogen-bond acceptors (Lipinski definition) is 3. The maximum absolute atomic E-state index is 13.3. The zero-order valence-corrected chi connectivity index (χ0v) is 12.9. The molecule has 2 rings (SSSR count). The fourth-order valence-electron chi connectivity index (χ4n) is 2.02. The second kappa shape index (κ2) is 5.47. The van der Waals surface area contributed by atoms with Crippen LogP contribution in [0.3, 0.4) is 0 Å². The first-order valence-corrected chi connectivity index (χ1v) is 8.31. The number of hydrogen-bond donors (Lipinski definition) is 2. The predicted molar refractivity (Wildman–Crippen MR) is 74.7 cm³/mol. The van der Waals surface area contributed by atoms with E-state index in [0.29, 0.717) is 11.5 Å². The first-order valence-electron chi connectivity index (χ1n) is 6.03. The van der Waals surface area contributed by atoms with Crippen LogP contribution >= 0.6 is 15.9 Å². The standard InChI is InChI=1S/C12H16BrFN2O2S/c1-7-4-10(14)9(13)5-12(7)19(17,18)16-11(6-15)8-2-3-8/h4-5,8,11,16H,2-3,6,15H2,1H3. The lowest BCUT2D eigenvalue weighted by Gasteiger charge is -2.17. The molecule has 1 saturated carbocycles. The molecule has 1 aromatic carbocycles. The molecule has 0 aliphatic heterocycles. The SMILES string of the molecule is Cc1cc(F)c(Br)cc1S(=O)(=O)NC(CN)C1CC1. The van der Waals surface area contributed by atoms with E-state index < -0.39 is 15.8 Å². The van der Waals surface area contributed by atoms with E-state index in [1.54, 1.807) is 6.92 Å². The molecule has 0 saturated heterocycles. The van der Waals surface area contributed by atoms with Crippen molar-refractivity contribution in [1.29, 1.82) is 0 Å². The highest BCUT2D eigenvalue weighted by Gasteiger charge is 2.33. The van der Waals surface area contributed by atoms with Gasteiger partial charge in [-0.25, -0.2) is 17.5 Å². The van der Waals surface area contributed by atoms with Crippen LogP contribution in [-0.2, 0) is 10.0 Å². The average molecular weight is 351 g/mol. The van der Waals surface area contributed by atoms with E-state index in [-0.39, 0.29) is 22.0 Å². The van der Waals surface area contributed by atoms with Gasteiger partial charge in [-0.3, -0.25) is 0 Å². The summed E-state index contributed by atoms with van der Waals surface area (Å²) in [7, 11) is -3.67. The Morgan fingerprint density at radius 2 is 2.16 bits per heavy atom. The summed E-state index contributed by atoms with van der Waals surface area (Å²) in [5, 5.41) is 0. The number of benzene rings is 1. The van der Waals surface area contributed by atoms with E-state index in [4.69, 9.17) is 5.73 Å². The summed E-state index contributed by atoms with van der Waals surface area (Å²) in [5.41, 5.74) is 5.97. The molecule has 0 amide bonds. The van der Waals surface area contributed by atoms with E-state index in [9.17, 15) is 12.8 Å². The fraction of sp³-hybridized carbons (Fsp3) is 0.500. The minimum atomic E-state index is -3.67. The molecule has 0 heterocycles. The number of aryl methyl sites for hydroxylation is 1. The van der Waals surface area contributed by atoms with Gasteiger partial charge in [0, 0.05) is 12.6 Å². The molecule has 106 valence electrons. The largest absolute Gasteiger partial charge is 0.329 e. The average Bonchev–Trinajstić information content (AvgIpc) is 3.14. The number of rotatable bonds is 5. The summed E-state index contributed by atoms with van der Waals surface area (Å²) in [6, 6.07) is 2.24. The van der Waals surface area contributed by atoms with Crippen molar-refractivity contribution >= 4 is 26.0 Å². The third-order valence-corrected chi connectivity index (χ3v) is 5.50. The Labute approximate surface area is 120 Å². The molecule has 0 radical (unpaired) electrons. The Bertz CT molecular complexity index is 588. The van der Waals surface area contributed by atoms with Crippen LogP contribution in [0, 0.1) is 18.7 Å². The van der Waals surface area contributed by atoms with Gasteiger partial charge in [-0.15, -0.1) is 0 Å². The van der Waals surface area contributed by atoms with Gasteiger partial charge in [-0.1, -0.05) is 0 Å². The van der Waals surface area contributed by atoms with E-state index in [1.165, 1.54) is 12.1 Å². The molecule has 0 spiro atoms. The zero-order chi connectivity index (χ0) is 14.2. The van der Waals surface area contributed by atoms with Gasteiger partial charge >= 0.3 is 0 Å². The van der Waals surface area contributed by atoms with Gasteiger partial charge < -0.3 is 5.73 Å². The van der Waals surface area contributed by atoms with Crippen LogP contribution in [0.5, 0.6) is 0 Å². The monoisotopic (exact) mass is 350 g/mol. The van der Waals surface area contributed by atoms with Crippen molar-refractivity contribution in [3.63, 3.8) is 0 Å². The lowest BCUT2D eigenvalue weighted by Crippen LogP contribution is -2.41. The molecule has 0 aromatic heterocycles. The molecule has 1 unspecified atom stereocenters. The van der Waals surface area contributed by atoms with Crippen molar-refractivity contribution < 1.29 is 12.8 Å². The Balaban J connectivity index is 2.31. The van der Waals surface area contributed by atoms with Crippen LogP contribution in [0.15, 0.2) is 21.5 Å². The molecule has 1 aliphatic rings. The maximum Gasteiger partial charge on any atom is 0.241 e. The van der Waals surface area contributed by atoms with Gasteiger partial charge in [0.15, 0.2) is 0 Å². The highest BCUT2D eigenvalue weighted by atomic mass is 79.9. The van der Waals surface area contributed by atoms with Crippen LogP contribution in [0.1, 0.15) is 18.4 Å². The molecule has 4 nitrogen and oxygen atoms in total. The number of nitrogens with one attached hydrogen (secondary N) is 1. The van der Waals surface area contributed by atoms with Crippen molar-refractivity contribution in [2.24, 2.45) is 11.7 Å². The number of nitrogens with two attached hydrogens (primary N) is 1. The Morgan fingerprint density at radius 3 is 2.68 bits per heavy atom. The molecule has 19 heavy (non-hydrogen) atoms. The molecule has 7 heteroatoms. The van der Waals surface area contributed by atoms with E-state index in [1.807, 2.05) is 0 Å². The number of halogens is 2. The van der Waals surface area contributed by atoms with Gasteiger partial charge in [0.1, 0.15) is 5.82 Å². The number of sulfonamides is 1. The Kier molecular flexibility index (Phi) is 4.29. The normalized spacial score (nSPS) is 17.5. The molecular weight excluding hydrogens is 335 g/mol. The third kappa shape index (κ3) is 3.34. The third-order valence-electron chi connectivity index (χ3n) is 3.26. The second-order valence-electron chi connectivity index (χ2n) is 4.83. The summed E-state index contributed by atoms with van der Waals surface area (Å²) >= 11 is 3.01. The summed E-state index contributed by atoms with van der Waals surface area (Å²) < 4.78 is 40.7. The van der Waals surface area contributed by atoms with Crippen molar-refractivity contribution in [3.8, 4) is 0 Å². The fourth-order valence-corrected chi connectivity index (χ4v) is 4.08. The maximum atomic E-state index is 13.3. The van der Waals surface area contributed by atoms with E-state index >= 15 is 0 Å². The van der Waals surface area contributed by atoms with Gasteiger partial charge in [0.05, 0.1) is 9.37 Å². The first-order chi connectivity index (χ1) is 8.85. The minimum Gasteiger partial charge on any atom is -0.329 e. The molecule has 1 aliphatic carbocycles. The smallest absolute Gasteiger partial charge is 0.241 e. The van der Waals surface area contributed by atoms with Gasteiger partial charge in [0.2, 0.25) is 10.0 Å². The summed E-state index contributed by atoms with van der Waals surface area (Å²) in [4.78, 5) is 0.0832. The van der Waals surface area contributed by atoms with Crippen molar-refractivity contribution in [3.05, 3.63) is 28.0 Å². The van der Waals surface area contributed by atoms with Crippen LogP contribution in [0.2, 0.25) is 0 Å². The van der Waals surface area contributed by atoms with E-state index in [2.05, 4.69) is 20.7 Å². The molecule has 1 aromatic rings. The highest BCUT2D eigenvalue weighted by Crippen LogP contribution is 2.33. The zero-order valence-electron chi connectivity index (χ0n) is 10.5. The summed E-state index contributed by atoms with van der Waals surface area (Å²) in [6.07, 6.45) is 1.99. The lowest BCUT2D eigenvalue weighted by molar-refractivity contribution is 0.518. The molecular formula is C12H16BrFN2O2S. The van der Waals surface area contributed by atoms with Crippen molar-refractivity contribution in [1.82, 2.24) is 4.72 Å². The van der Waals surface area contributed by atoms with Crippen molar-refractivity contribution in [2.75, 3.05) is 6.54 Å². The van der Waals surface area contributed by atoms with Gasteiger partial charge in [-0.05, 0) is 59.3 Å². The van der Waals surface area contributed by atoms with Crippen LogP contribution < -0.4 is 10.5 Å². The van der Waals surface area contributed by atoms with Gasteiger partial charge in [0.25, 0.3) is 0 Å². The Morgan fingerprint density at radius 1 is 1.53 bits per heavy atom. The van der Waals surface area contributed by atoms with Crippen LogP contribution in [0.25, 0.3) is 0 Å². The van der Waals surface area contributed by atoms with Crippen LogP contribution in [0.4, 0.5) is 4.39 Å². The second-order valence-corrected chi connectivity index (χ2v) is 7.37. The molecule has 0 bridgehead atoms. The molecule has 1 atom stereocenters. The first kappa shape index (κ1) is 14.9. The molecule has 3 N–H and O–H groups in total.